The predicted octanol–water partition coefficient (Wildman–Crippen LogP) is 3.87. The molecule has 1 nitrogen and oxygen atoms in total. The molecule has 100 valence electrons. The van der Waals surface area contributed by atoms with Crippen LogP contribution in [-0.2, 0) is 12.8 Å². The van der Waals surface area contributed by atoms with Crippen molar-refractivity contribution in [3.05, 3.63) is 70.8 Å². The van der Waals surface area contributed by atoms with Crippen LogP contribution in [0.2, 0.25) is 0 Å². The Morgan fingerprint density at radius 1 is 0.842 bits per heavy atom. The molecular formula is C18H23N. The fraction of sp³-hybridized carbons (Fsp3) is 0.333. The summed E-state index contributed by atoms with van der Waals surface area (Å²) in [7, 11) is 0. The van der Waals surface area contributed by atoms with Crippen LogP contribution < -0.4 is 5.73 Å². The lowest BCUT2D eigenvalue weighted by atomic mass is 9.99. The third-order valence-electron chi connectivity index (χ3n) is 3.60. The van der Waals surface area contributed by atoms with Gasteiger partial charge in [-0.2, -0.15) is 0 Å². The zero-order valence-electron chi connectivity index (χ0n) is 11.7. The highest BCUT2D eigenvalue weighted by Crippen LogP contribution is 2.15. The quantitative estimate of drug-likeness (QED) is 0.777. The molecule has 2 aromatic rings. The van der Waals surface area contributed by atoms with Crippen LogP contribution in [0.15, 0.2) is 48.5 Å². The molecule has 0 fully saturated rings. The summed E-state index contributed by atoms with van der Waals surface area (Å²) < 4.78 is 0. The molecule has 0 amide bonds. The first kappa shape index (κ1) is 13.8. The minimum absolute atomic E-state index is 0.797. The lowest BCUT2D eigenvalue weighted by Gasteiger charge is -2.07. The first-order valence-electron chi connectivity index (χ1n) is 7.12. The van der Waals surface area contributed by atoms with E-state index >= 15 is 0 Å². The first-order valence-corrected chi connectivity index (χ1v) is 7.12. The normalized spacial score (nSPS) is 10.6. The third kappa shape index (κ3) is 4.22. The van der Waals surface area contributed by atoms with Gasteiger partial charge in [-0.05, 0) is 61.4 Å². The van der Waals surface area contributed by atoms with Gasteiger partial charge in [0.05, 0.1) is 0 Å². The van der Waals surface area contributed by atoms with Crippen molar-refractivity contribution < 1.29 is 0 Å². The molecule has 0 saturated carbocycles. The Kier molecular flexibility index (Phi) is 5.17. The number of nitrogens with two attached hydrogens (primary N) is 1. The highest BCUT2D eigenvalue weighted by atomic mass is 14.5. The average molecular weight is 253 g/mol. The highest BCUT2D eigenvalue weighted by molar-refractivity contribution is 5.33. The molecule has 0 aromatic heterocycles. The third-order valence-corrected chi connectivity index (χ3v) is 3.60. The van der Waals surface area contributed by atoms with Gasteiger partial charge in [-0.15, -0.1) is 0 Å². The summed E-state index contributed by atoms with van der Waals surface area (Å²) in [5.41, 5.74) is 11.1. The Morgan fingerprint density at radius 3 is 2.21 bits per heavy atom. The Balaban J connectivity index is 1.97. The second-order valence-electron chi connectivity index (χ2n) is 5.17. The van der Waals surface area contributed by atoms with E-state index in [9.17, 15) is 0 Å². The smallest absolute Gasteiger partial charge is 0.00231 e. The number of rotatable bonds is 6. The topological polar surface area (TPSA) is 26.0 Å². The highest BCUT2D eigenvalue weighted by Gasteiger charge is 2.00. The molecule has 0 aliphatic rings. The van der Waals surface area contributed by atoms with Crippen molar-refractivity contribution in [2.75, 3.05) is 6.54 Å². The van der Waals surface area contributed by atoms with E-state index in [1.54, 1.807) is 0 Å². The molecule has 19 heavy (non-hydrogen) atoms. The van der Waals surface area contributed by atoms with Crippen LogP contribution in [0.25, 0.3) is 0 Å². The van der Waals surface area contributed by atoms with Crippen molar-refractivity contribution in [3.8, 4) is 0 Å². The van der Waals surface area contributed by atoms with Crippen LogP contribution >= 0.6 is 0 Å². The molecule has 0 bridgehead atoms. The summed E-state index contributed by atoms with van der Waals surface area (Å²) in [6.45, 7) is 2.97. The molecule has 0 radical (unpaired) electrons. The van der Waals surface area contributed by atoms with Gasteiger partial charge in [-0.1, -0.05) is 48.5 Å². The van der Waals surface area contributed by atoms with Gasteiger partial charge in [-0.25, -0.2) is 0 Å². The maximum absolute atomic E-state index is 5.52. The minimum Gasteiger partial charge on any atom is -0.330 e. The molecule has 0 aliphatic heterocycles. The van der Waals surface area contributed by atoms with Crippen molar-refractivity contribution in [2.24, 2.45) is 5.73 Å². The Labute approximate surface area is 116 Å². The predicted molar refractivity (Wildman–Crippen MR) is 82.4 cm³/mol. The van der Waals surface area contributed by atoms with Crippen LogP contribution in [0.4, 0.5) is 0 Å². The largest absolute Gasteiger partial charge is 0.330 e. The molecule has 0 aliphatic carbocycles. The lowest BCUT2D eigenvalue weighted by Crippen LogP contribution is -1.99. The van der Waals surface area contributed by atoms with E-state index in [4.69, 9.17) is 5.73 Å². The second kappa shape index (κ2) is 7.10. The molecule has 2 N–H and O–H groups in total. The first-order chi connectivity index (χ1) is 9.29. The van der Waals surface area contributed by atoms with Crippen LogP contribution in [0.5, 0.6) is 0 Å². The van der Waals surface area contributed by atoms with E-state index in [1.807, 2.05) is 0 Å². The van der Waals surface area contributed by atoms with Gasteiger partial charge >= 0.3 is 0 Å². The minimum atomic E-state index is 0.797. The van der Waals surface area contributed by atoms with E-state index in [0.29, 0.717) is 0 Å². The van der Waals surface area contributed by atoms with Gasteiger partial charge in [-0.3, -0.25) is 0 Å². The summed E-state index contributed by atoms with van der Waals surface area (Å²) in [6.07, 6.45) is 4.47. The monoisotopic (exact) mass is 253 g/mol. The number of hydrogen-bond acceptors (Lipinski definition) is 1. The van der Waals surface area contributed by atoms with Crippen molar-refractivity contribution in [1.82, 2.24) is 0 Å². The zero-order valence-corrected chi connectivity index (χ0v) is 11.7. The van der Waals surface area contributed by atoms with Crippen molar-refractivity contribution in [3.63, 3.8) is 0 Å². The fourth-order valence-corrected chi connectivity index (χ4v) is 2.33. The van der Waals surface area contributed by atoms with Gasteiger partial charge in [0.2, 0.25) is 0 Å². The van der Waals surface area contributed by atoms with E-state index < -0.39 is 0 Å². The van der Waals surface area contributed by atoms with Crippen molar-refractivity contribution >= 4 is 0 Å². The Bertz CT molecular complexity index is 499. The molecule has 0 unspecified atom stereocenters. The molecular weight excluding hydrogens is 230 g/mol. The maximum Gasteiger partial charge on any atom is -0.00231 e. The molecule has 0 heterocycles. The van der Waals surface area contributed by atoms with E-state index in [1.165, 1.54) is 28.7 Å². The summed E-state index contributed by atoms with van der Waals surface area (Å²) in [5, 5.41) is 0. The van der Waals surface area contributed by atoms with Crippen LogP contribution in [0, 0.1) is 6.92 Å². The summed E-state index contributed by atoms with van der Waals surface area (Å²) >= 11 is 0. The average Bonchev–Trinajstić information content (AvgIpc) is 2.44. The second-order valence-corrected chi connectivity index (χ2v) is 5.17. The Morgan fingerprint density at radius 2 is 1.53 bits per heavy atom. The van der Waals surface area contributed by atoms with Gasteiger partial charge in [0.15, 0.2) is 0 Å². The molecule has 1 heteroatoms. The lowest BCUT2D eigenvalue weighted by molar-refractivity contribution is 0.744. The standard InChI is InChI=1S/C18H23N/c1-15-6-2-3-8-18(15)14-17-11-9-16(10-12-17)7-4-5-13-19/h2-3,6,8-12H,4-5,7,13-14,19H2,1H3. The number of unbranched alkanes of at least 4 members (excludes halogenated alkanes) is 1. The van der Waals surface area contributed by atoms with Crippen molar-refractivity contribution in [1.29, 1.82) is 0 Å². The van der Waals surface area contributed by atoms with Gasteiger partial charge in [0, 0.05) is 0 Å². The molecule has 2 rings (SSSR count). The SMILES string of the molecule is Cc1ccccc1Cc1ccc(CCCCN)cc1. The maximum atomic E-state index is 5.52. The molecule has 2 aromatic carbocycles. The number of hydrogen-bond donors (Lipinski definition) is 1. The summed E-state index contributed by atoms with van der Waals surface area (Å²) in [6, 6.07) is 17.6. The van der Waals surface area contributed by atoms with E-state index in [0.717, 1.165) is 25.8 Å². The molecule has 0 spiro atoms. The Hall–Kier alpha value is -1.60. The fourth-order valence-electron chi connectivity index (χ4n) is 2.33. The molecule has 0 saturated heterocycles. The number of aryl methyl sites for hydroxylation is 2. The van der Waals surface area contributed by atoms with Gasteiger partial charge in [0.1, 0.15) is 0 Å². The van der Waals surface area contributed by atoms with Crippen molar-refractivity contribution in [2.45, 2.75) is 32.6 Å². The van der Waals surface area contributed by atoms with Crippen LogP contribution in [0.1, 0.15) is 35.1 Å². The number of benzene rings is 2. The molecule has 0 atom stereocenters. The van der Waals surface area contributed by atoms with Gasteiger partial charge < -0.3 is 5.73 Å². The van der Waals surface area contributed by atoms with Crippen LogP contribution in [0.3, 0.4) is 0 Å². The van der Waals surface area contributed by atoms with E-state index in [2.05, 4.69) is 55.5 Å². The zero-order chi connectivity index (χ0) is 13.5. The van der Waals surface area contributed by atoms with E-state index in [-0.39, 0.29) is 0 Å². The van der Waals surface area contributed by atoms with Crippen LogP contribution in [-0.4, -0.2) is 6.54 Å². The van der Waals surface area contributed by atoms with Gasteiger partial charge in [0.25, 0.3) is 0 Å². The summed E-state index contributed by atoms with van der Waals surface area (Å²) in [5.74, 6) is 0. The summed E-state index contributed by atoms with van der Waals surface area (Å²) in [4.78, 5) is 0.